The van der Waals surface area contributed by atoms with Crippen LogP contribution < -0.4 is 4.74 Å². The Balaban J connectivity index is 1.71. The van der Waals surface area contributed by atoms with Crippen molar-refractivity contribution in [3.63, 3.8) is 0 Å². The summed E-state index contributed by atoms with van der Waals surface area (Å²) in [5.74, 6) is 0.763. The highest BCUT2D eigenvalue weighted by molar-refractivity contribution is 5.92. The highest BCUT2D eigenvalue weighted by atomic mass is 16.5. The van der Waals surface area contributed by atoms with E-state index in [0.717, 1.165) is 11.3 Å². The molecule has 0 aliphatic heterocycles. The number of carbonyl (C=O) groups is 1. The monoisotopic (exact) mass is 359 g/mol. The van der Waals surface area contributed by atoms with Crippen LogP contribution in [0.3, 0.4) is 0 Å². The van der Waals surface area contributed by atoms with Crippen molar-refractivity contribution >= 4 is 5.78 Å². The summed E-state index contributed by atoms with van der Waals surface area (Å²) in [4.78, 5) is 15.5. The Morgan fingerprint density at radius 2 is 1.56 bits per heavy atom. The Morgan fingerprint density at radius 1 is 0.963 bits per heavy atom. The van der Waals surface area contributed by atoms with Gasteiger partial charge in [0.15, 0.2) is 5.78 Å². The summed E-state index contributed by atoms with van der Waals surface area (Å²) in [5, 5.41) is 0. The van der Waals surface area contributed by atoms with Crippen molar-refractivity contribution in [1.82, 2.24) is 4.98 Å². The van der Waals surface area contributed by atoms with E-state index >= 15 is 0 Å². The lowest BCUT2D eigenvalue weighted by molar-refractivity contribution is 0.101. The van der Waals surface area contributed by atoms with Gasteiger partial charge in [-0.05, 0) is 47.9 Å². The van der Waals surface area contributed by atoms with Crippen molar-refractivity contribution in [3.05, 3.63) is 94.8 Å². The third-order valence-corrected chi connectivity index (χ3v) is 4.94. The summed E-state index contributed by atoms with van der Waals surface area (Å²) in [6.07, 6.45) is 1.64. The zero-order valence-corrected chi connectivity index (χ0v) is 16.3. The predicted molar refractivity (Wildman–Crippen MR) is 108 cm³/mol. The maximum Gasteiger partial charge on any atom is 0.178 e. The number of rotatable bonds is 6. The van der Waals surface area contributed by atoms with Crippen LogP contribution in [0.5, 0.6) is 5.75 Å². The fourth-order valence-electron chi connectivity index (χ4n) is 3.03. The first-order valence-electron chi connectivity index (χ1n) is 9.12. The maximum atomic E-state index is 11.4. The quantitative estimate of drug-likeness (QED) is 0.546. The molecular formula is C24H25NO2. The van der Waals surface area contributed by atoms with Crippen molar-refractivity contribution in [2.45, 2.75) is 39.7 Å². The standard InChI is InChI=1S/C24H25NO2/c1-17-5-7-20(8-6-17)24(3,4)21-9-11-22(12-10-21)27-16-19-13-14-25-23(15-19)18(2)26/h5-15H,16H2,1-4H3. The average Bonchev–Trinajstić information content (AvgIpc) is 2.67. The Bertz CT molecular complexity index is 925. The molecule has 0 aliphatic rings. The maximum absolute atomic E-state index is 11.4. The third kappa shape index (κ3) is 4.43. The van der Waals surface area contributed by atoms with E-state index in [0.29, 0.717) is 12.3 Å². The van der Waals surface area contributed by atoms with Gasteiger partial charge in [0.25, 0.3) is 0 Å². The highest BCUT2D eigenvalue weighted by Crippen LogP contribution is 2.32. The molecule has 1 heterocycles. The second-order valence-corrected chi connectivity index (χ2v) is 7.41. The van der Waals surface area contributed by atoms with Gasteiger partial charge in [-0.15, -0.1) is 0 Å². The van der Waals surface area contributed by atoms with Gasteiger partial charge < -0.3 is 4.74 Å². The number of ketones is 1. The van der Waals surface area contributed by atoms with E-state index in [1.165, 1.54) is 23.6 Å². The van der Waals surface area contributed by atoms with Crippen molar-refractivity contribution < 1.29 is 9.53 Å². The first-order valence-corrected chi connectivity index (χ1v) is 9.12. The van der Waals surface area contributed by atoms with Gasteiger partial charge in [-0.2, -0.15) is 0 Å². The van der Waals surface area contributed by atoms with Crippen LogP contribution in [0.4, 0.5) is 0 Å². The number of pyridine rings is 1. The molecule has 0 radical (unpaired) electrons. The smallest absolute Gasteiger partial charge is 0.178 e. The van der Waals surface area contributed by atoms with E-state index in [2.05, 4.69) is 62.2 Å². The van der Waals surface area contributed by atoms with Crippen LogP contribution >= 0.6 is 0 Å². The molecule has 0 fully saturated rings. The summed E-state index contributed by atoms with van der Waals surface area (Å²) in [5.41, 5.74) is 5.11. The Morgan fingerprint density at radius 3 is 2.15 bits per heavy atom. The first-order chi connectivity index (χ1) is 12.9. The molecule has 3 rings (SSSR count). The number of aryl methyl sites for hydroxylation is 1. The molecule has 3 heteroatoms. The summed E-state index contributed by atoms with van der Waals surface area (Å²) >= 11 is 0. The molecule has 0 atom stereocenters. The zero-order chi connectivity index (χ0) is 19.4. The van der Waals surface area contributed by atoms with Crippen molar-refractivity contribution in [3.8, 4) is 5.75 Å². The summed E-state index contributed by atoms with van der Waals surface area (Å²) in [7, 11) is 0. The molecule has 0 amide bonds. The molecule has 1 aromatic heterocycles. The van der Waals surface area contributed by atoms with Crippen LogP contribution in [0, 0.1) is 6.92 Å². The van der Waals surface area contributed by atoms with Crippen LogP contribution in [0.15, 0.2) is 66.9 Å². The second-order valence-electron chi connectivity index (χ2n) is 7.41. The molecule has 0 unspecified atom stereocenters. The van der Waals surface area contributed by atoms with Crippen LogP contribution in [0.25, 0.3) is 0 Å². The summed E-state index contributed by atoms with van der Waals surface area (Å²) in [6.45, 7) is 8.48. The molecule has 27 heavy (non-hydrogen) atoms. The lowest BCUT2D eigenvalue weighted by Gasteiger charge is -2.26. The van der Waals surface area contributed by atoms with Crippen LogP contribution in [-0.4, -0.2) is 10.8 Å². The number of aromatic nitrogens is 1. The minimum absolute atomic E-state index is 0.0421. The molecule has 0 aliphatic carbocycles. The van der Waals surface area contributed by atoms with Gasteiger partial charge >= 0.3 is 0 Å². The van der Waals surface area contributed by atoms with Crippen LogP contribution in [-0.2, 0) is 12.0 Å². The lowest BCUT2D eigenvalue weighted by atomic mass is 9.78. The van der Waals surface area contributed by atoms with Gasteiger partial charge in [0.05, 0.1) is 0 Å². The molecule has 2 aromatic carbocycles. The van der Waals surface area contributed by atoms with Gasteiger partial charge in [-0.25, -0.2) is 0 Å². The molecule has 0 N–H and O–H groups in total. The number of benzene rings is 2. The molecule has 0 bridgehead atoms. The second kappa shape index (κ2) is 7.75. The molecule has 0 saturated heterocycles. The fourth-order valence-corrected chi connectivity index (χ4v) is 3.03. The summed E-state index contributed by atoms with van der Waals surface area (Å²) in [6, 6.07) is 20.5. The van der Waals surface area contributed by atoms with Crippen molar-refractivity contribution in [2.75, 3.05) is 0 Å². The normalized spacial score (nSPS) is 11.3. The largest absolute Gasteiger partial charge is 0.489 e. The van der Waals surface area contributed by atoms with E-state index in [-0.39, 0.29) is 11.2 Å². The molecule has 3 aromatic rings. The molecule has 138 valence electrons. The third-order valence-electron chi connectivity index (χ3n) is 4.94. The van der Waals surface area contributed by atoms with Gasteiger partial charge in [0.2, 0.25) is 0 Å². The van der Waals surface area contributed by atoms with E-state index in [1.54, 1.807) is 12.3 Å². The van der Waals surface area contributed by atoms with Gasteiger partial charge in [-0.3, -0.25) is 9.78 Å². The minimum Gasteiger partial charge on any atom is -0.489 e. The van der Waals surface area contributed by atoms with Gasteiger partial charge in [0, 0.05) is 18.5 Å². The lowest BCUT2D eigenvalue weighted by Crippen LogP contribution is -2.18. The SMILES string of the molecule is CC(=O)c1cc(COc2ccc(C(C)(C)c3ccc(C)cc3)cc2)ccn1. The van der Waals surface area contributed by atoms with Gasteiger partial charge in [0.1, 0.15) is 18.1 Å². The highest BCUT2D eigenvalue weighted by Gasteiger charge is 2.22. The van der Waals surface area contributed by atoms with E-state index < -0.39 is 0 Å². The van der Waals surface area contributed by atoms with E-state index in [4.69, 9.17) is 4.74 Å². The molecular weight excluding hydrogens is 334 g/mol. The first kappa shape index (κ1) is 18.8. The number of hydrogen-bond acceptors (Lipinski definition) is 3. The average molecular weight is 359 g/mol. The van der Waals surface area contributed by atoms with Gasteiger partial charge in [-0.1, -0.05) is 55.8 Å². The Labute approximate surface area is 161 Å². The van der Waals surface area contributed by atoms with E-state index in [1.807, 2.05) is 18.2 Å². The van der Waals surface area contributed by atoms with Crippen molar-refractivity contribution in [1.29, 1.82) is 0 Å². The number of nitrogens with zero attached hydrogens (tertiary/aromatic N) is 1. The number of hydrogen-bond donors (Lipinski definition) is 0. The zero-order valence-electron chi connectivity index (χ0n) is 16.3. The van der Waals surface area contributed by atoms with Crippen LogP contribution in [0.1, 0.15) is 53.5 Å². The molecule has 0 saturated carbocycles. The number of carbonyl (C=O) groups excluding carboxylic acids is 1. The topological polar surface area (TPSA) is 39.2 Å². The Hall–Kier alpha value is -2.94. The number of ether oxygens (including phenoxy) is 1. The summed E-state index contributed by atoms with van der Waals surface area (Å²) < 4.78 is 5.88. The van der Waals surface area contributed by atoms with E-state index in [9.17, 15) is 4.79 Å². The molecule has 3 nitrogen and oxygen atoms in total. The minimum atomic E-state index is -0.0757. The Kier molecular flexibility index (Phi) is 5.41. The van der Waals surface area contributed by atoms with Crippen molar-refractivity contribution in [2.24, 2.45) is 0 Å². The van der Waals surface area contributed by atoms with Crippen LogP contribution in [0.2, 0.25) is 0 Å². The fraction of sp³-hybridized carbons (Fsp3) is 0.250. The predicted octanol–water partition coefficient (Wildman–Crippen LogP) is 5.50. The number of Topliss-reactive ketones (excluding diaryl/α,β-unsaturated/α-hetero) is 1. The molecule has 0 spiro atoms.